The molecule has 3 heteroatoms. The summed E-state index contributed by atoms with van der Waals surface area (Å²) in [7, 11) is 1.43. The summed E-state index contributed by atoms with van der Waals surface area (Å²) in [5.41, 5.74) is 2.60. The van der Waals surface area contributed by atoms with Crippen molar-refractivity contribution in [3.8, 4) is 5.75 Å². The van der Waals surface area contributed by atoms with E-state index in [0.717, 1.165) is 5.56 Å². The molecule has 1 saturated carbocycles. The Bertz CT molecular complexity index is 620. The molecule has 0 heterocycles. The molecule has 0 aliphatic heterocycles. The third-order valence-electron chi connectivity index (χ3n) is 3.80. The maximum absolute atomic E-state index is 13.8. The first-order valence-electron chi connectivity index (χ1n) is 6.81. The van der Waals surface area contributed by atoms with E-state index in [2.05, 4.69) is 6.07 Å². The van der Waals surface area contributed by atoms with Crippen molar-refractivity contribution < 1.29 is 14.2 Å². The number of aliphatic hydroxyl groups is 1. The molecule has 1 aliphatic rings. The number of hydrogen-bond acceptors (Lipinski definition) is 2. The number of ether oxygens (including phenoxy) is 1. The minimum Gasteiger partial charge on any atom is -0.494 e. The molecule has 2 nitrogen and oxygen atoms in total. The molecule has 0 saturated heterocycles. The Kier molecular flexibility index (Phi) is 3.45. The third kappa shape index (κ3) is 2.41. The van der Waals surface area contributed by atoms with E-state index in [1.54, 1.807) is 12.1 Å². The van der Waals surface area contributed by atoms with Crippen LogP contribution in [0, 0.1) is 5.82 Å². The van der Waals surface area contributed by atoms with E-state index in [9.17, 15) is 9.50 Å². The maximum atomic E-state index is 13.8. The van der Waals surface area contributed by atoms with Crippen LogP contribution in [0.2, 0.25) is 0 Å². The lowest BCUT2D eigenvalue weighted by molar-refractivity contribution is 0.218. The first kappa shape index (κ1) is 13.1. The molecule has 2 aromatic rings. The highest BCUT2D eigenvalue weighted by atomic mass is 19.1. The SMILES string of the molecule is COc1ccc(C(O)c2ccccc2C2CC2)cc1F. The van der Waals surface area contributed by atoms with Gasteiger partial charge in [0.25, 0.3) is 0 Å². The van der Waals surface area contributed by atoms with Gasteiger partial charge in [-0.2, -0.15) is 0 Å². The van der Waals surface area contributed by atoms with Gasteiger partial charge >= 0.3 is 0 Å². The summed E-state index contributed by atoms with van der Waals surface area (Å²) in [6.45, 7) is 0. The molecule has 104 valence electrons. The van der Waals surface area contributed by atoms with Crippen LogP contribution in [-0.4, -0.2) is 12.2 Å². The minimum atomic E-state index is -0.799. The van der Waals surface area contributed by atoms with Crippen LogP contribution in [0.15, 0.2) is 42.5 Å². The Labute approximate surface area is 117 Å². The average Bonchev–Trinajstić information content (AvgIpc) is 3.31. The van der Waals surface area contributed by atoms with Crippen molar-refractivity contribution in [1.29, 1.82) is 0 Å². The summed E-state index contributed by atoms with van der Waals surface area (Å²) in [4.78, 5) is 0. The molecule has 0 radical (unpaired) electrons. The third-order valence-corrected chi connectivity index (χ3v) is 3.80. The second kappa shape index (κ2) is 5.25. The van der Waals surface area contributed by atoms with Crippen molar-refractivity contribution in [3.05, 3.63) is 65.0 Å². The lowest BCUT2D eigenvalue weighted by atomic mass is 9.94. The summed E-state index contributed by atoms with van der Waals surface area (Å²) in [5.74, 6) is 0.285. The van der Waals surface area contributed by atoms with Crippen LogP contribution in [0.3, 0.4) is 0 Å². The Hall–Kier alpha value is -1.87. The first-order chi connectivity index (χ1) is 9.70. The van der Waals surface area contributed by atoms with E-state index in [0.29, 0.717) is 11.5 Å². The zero-order valence-corrected chi connectivity index (χ0v) is 11.3. The molecule has 1 N–H and O–H groups in total. The predicted octanol–water partition coefficient (Wildman–Crippen LogP) is 3.79. The fraction of sp³-hybridized carbons (Fsp3) is 0.294. The van der Waals surface area contributed by atoms with E-state index in [4.69, 9.17) is 4.74 Å². The van der Waals surface area contributed by atoms with Gasteiger partial charge in [-0.25, -0.2) is 4.39 Å². The molecule has 1 unspecified atom stereocenters. The molecule has 0 amide bonds. The Morgan fingerprint density at radius 1 is 1.20 bits per heavy atom. The monoisotopic (exact) mass is 272 g/mol. The largest absolute Gasteiger partial charge is 0.494 e. The molecule has 3 rings (SSSR count). The summed E-state index contributed by atoms with van der Waals surface area (Å²) >= 11 is 0. The molecule has 1 atom stereocenters. The molecular weight excluding hydrogens is 255 g/mol. The summed E-state index contributed by atoms with van der Waals surface area (Å²) in [6, 6.07) is 12.5. The molecule has 0 bridgehead atoms. The number of hydrogen-bond donors (Lipinski definition) is 1. The van der Waals surface area contributed by atoms with E-state index in [-0.39, 0.29) is 5.75 Å². The molecule has 0 spiro atoms. The van der Waals surface area contributed by atoms with Crippen molar-refractivity contribution in [1.82, 2.24) is 0 Å². The number of rotatable bonds is 4. The Morgan fingerprint density at radius 2 is 1.95 bits per heavy atom. The van der Waals surface area contributed by atoms with E-state index >= 15 is 0 Å². The van der Waals surface area contributed by atoms with Crippen molar-refractivity contribution in [3.63, 3.8) is 0 Å². The number of methoxy groups -OCH3 is 1. The topological polar surface area (TPSA) is 29.5 Å². The van der Waals surface area contributed by atoms with E-state index < -0.39 is 11.9 Å². The van der Waals surface area contributed by atoms with Crippen LogP contribution >= 0.6 is 0 Å². The molecule has 1 aliphatic carbocycles. The second-order valence-electron chi connectivity index (χ2n) is 5.20. The maximum Gasteiger partial charge on any atom is 0.165 e. The number of halogens is 1. The highest BCUT2D eigenvalue weighted by Crippen LogP contribution is 2.43. The van der Waals surface area contributed by atoms with Gasteiger partial charge < -0.3 is 9.84 Å². The Morgan fingerprint density at radius 3 is 2.60 bits per heavy atom. The smallest absolute Gasteiger partial charge is 0.165 e. The average molecular weight is 272 g/mol. The number of aliphatic hydroxyl groups excluding tert-OH is 1. The van der Waals surface area contributed by atoms with Crippen molar-refractivity contribution in [2.75, 3.05) is 7.11 Å². The highest BCUT2D eigenvalue weighted by molar-refractivity contribution is 5.41. The van der Waals surface area contributed by atoms with Gasteiger partial charge in [0.05, 0.1) is 7.11 Å². The van der Waals surface area contributed by atoms with Crippen LogP contribution in [0.4, 0.5) is 4.39 Å². The van der Waals surface area contributed by atoms with Crippen molar-refractivity contribution >= 4 is 0 Å². The van der Waals surface area contributed by atoms with Crippen LogP contribution in [0.25, 0.3) is 0 Å². The van der Waals surface area contributed by atoms with Gasteiger partial charge in [-0.15, -0.1) is 0 Å². The molecule has 2 aromatic carbocycles. The zero-order chi connectivity index (χ0) is 14.1. The van der Waals surface area contributed by atoms with Crippen LogP contribution in [0.1, 0.15) is 41.6 Å². The van der Waals surface area contributed by atoms with Gasteiger partial charge in [-0.05, 0) is 47.6 Å². The second-order valence-corrected chi connectivity index (χ2v) is 5.20. The van der Waals surface area contributed by atoms with E-state index in [1.807, 2.05) is 18.2 Å². The first-order valence-corrected chi connectivity index (χ1v) is 6.81. The molecule has 1 fully saturated rings. The lowest BCUT2D eigenvalue weighted by Crippen LogP contribution is -2.04. The minimum absolute atomic E-state index is 0.191. The van der Waals surface area contributed by atoms with Crippen LogP contribution in [-0.2, 0) is 0 Å². The van der Waals surface area contributed by atoms with Crippen LogP contribution < -0.4 is 4.74 Å². The van der Waals surface area contributed by atoms with Gasteiger partial charge in [0.2, 0.25) is 0 Å². The summed E-state index contributed by atoms with van der Waals surface area (Å²) < 4.78 is 18.7. The normalized spacial score (nSPS) is 15.9. The molecule has 0 aromatic heterocycles. The van der Waals surface area contributed by atoms with Gasteiger partial charge in [0.1, 0.15) is 6.10 Å². The zero-order valence-electron chi connectivity index (χ0n) is 11.3. The quantitative estimate of drug-likeness (QED) is 0.917. The molecule has 20 heavy (non-hydrogen) atoms. The van der Waals surface area contributed by atoms with Gasteiger partial charge in [-0.1, -0.05) is 30.3 Å². The Balaban J connectivity index is 1.96. The fourth-order valence-electron chi connectivity index (χ4n) is 2.56. The van der Waals surface area contributed by atoms with Crippen molar-refractivity contribution in [2.45, 2.75) is 24.9 Å². The fourth-order valence-corrected chi connectivity index (χ4v) is 2.56. The van der Waals surface area contributed by atoms with E-state index in [1.165, 1.54) is 31.6 Å². The van der Waals surface area contributed by atoms with Gasteiger partial charge in [0, 0.05) is 0 Å². The summed E-state index contributed by atoms with van der Waals surface area (Å²) in [6.07, 6.45) is 1.54. The molecular formula is C17H17FO2. The number of benzene rings is 2. The van der Waals surface area contributed by atoms with Crippen molar-refractivity contribution in [2.24, 2.45) is 0 Å². The summed E-state index contributed by atoms with van der Waals surface area (Å²) in [5, 5.41) is 10.5. The van der Waals surface area contributed by atoms with Gasteiger partial charge in [-0.3, -0.25) is 0 Å². The van der Waals surface area contributed by atoms with Gasteiger partial charge in [0.15, 0.2) is 11.6 Å². The predicted molar refractivity (Wildman–Crippen MR) is 75.4 cm³/mol. The highest BCUT2D eigenvalue weighted by Gasteiger charge is 2.28. The van der Waals surface area contributed by atoms with Crippen LogP contribution in [0.5, 0.6) is 5.75 Å². The standard InChI is InChI=1S/C17H17FO2/c1-20-16-9-8-12(10-15(16)18)17(19)14-5-3-2-4-13(14)11-6-7-11/h2-5,8-11,17,19H,6-7H2,1H3. The lowest BCUT2D eigenvalue weighted by Gasteiger charge is -2.16.